The van der Waals surface area contributed by atoms with Crippen LogP contribution in [0.5, 0.6) is 0 Å². The normalized spacial score (nSPS) is 10.9. The number of rotatable bonds is 6. The summed E-state index contributed by atoms with van der Waals surface area (Å²) in [7, 11) is 0. The van der Waals surface area contributed by atoms with Crippen molar-refractivity contribution in [1.29, 1.82) is 0 Å². The van der Waals surface area contributed by atoms with Gasteiger partial charge in [0.1, 0.15) is 0 Å². The minimum Gasteiger partial charge on any atom is -0.323 e. The number of anilines is 1. The molecule has 2 N–H and O–H groups in total. The summed E-state index contributed by atoms with van der Waals surface area (Å²) in [5.41, 5.74) is 4.27. The maximum Gasteiger partial charge on any atom is 0.250 e. The molecule has 0 aliphatic rings. The molecule has 3 aromatic heterocycles. The lowest BCUT2D eigenvalue weighted by molar-refractivity contribution is -0.111. The van der Waals surface area contributed by atoms with Gasteiger partial charge in [-0.1, -0.05) is 18.2 Å². The number of benzene rings is 1. The van der Waals surface area contributed by atoms with E-state index in [0.717, 1.165) is 22.3 Å². The molecule has 7 nitrogen and oxygen atoms in total. The van der Waals surface area contributed by atoms with E-state index in [4.69, 9.17) is 0 Å². The topological polar surface area (TPSA) is 92.7 Å². The number of aromatic amines is 1. The molecule has 0 bridgehead atoms. The first-order valence-corrected chi connectivity index (χ1v) is 9.36. The molecule has 1 aromatic carbocycles. The summed E-state index contributed by atoms with van der Waals surface area (Å²) in [6.07, 6.45) is 11.9. The zero-order valence-corrected chi connectivity index (χ0v) is 16.0. The van der Waals surface area contributed by atoms with Crippen LogP contribution in [0.2, 0.25) is 0 Å². The third-order valence-corrected chi connectivity index (χ3v) is 4.55. The van der Waals surface area contributed by atoms with Gasteiger partial charge in [-0.25, -0.2) is 0 Å². The van der Waals surface area contributed by atoms with Gasteiger partial charge in [0.15, 0.2) is 0 Å². The molecule has 0 fully saturated rings. The van der Waals surface area contributed by atoms with Gasteiger partial charge < -0.3 is 9.88 Å². The van der Waals surface area contributed by atoms with Gasteiger partial charge in [-0.05, 0) is 41.5 Å². The Bertz CT molecular complexity index is 1220. The number of pyridine rings is 2. The minimum absolute atomic E-state index is 0.0507. The molecule has 4 aromatic rings. The summed E-state index contributed by atoms with van der Waals surface area (Å²) in [6.45, 7) is 0.478. The van der Waals surface area contributed by atoms with Crippen LogP contribution in [0, 0.1) is 0 Å². The second-order valence-corrected chi connectivity index (χ2v) is 6.64. The molecule has 0 spiro atoms. The van der Waals surface area contributed by atoms with E-state index in [0.29, 0.717) is 12.2 Å². The Kier molecular flexibility index (Phi) is 5.61. The molecule has 0 aliphatic carbocycles. The van der Waals surface area contributed by atoms with Crippen molar-refractivity contribution in [1.82, 2.24) is 19.7 Å². The molecule has 0 unspecified atom stereocenters. The Hall–Kier alpha value is -4.26. The number of nitrogens with zero attached hydrogens (tertiary/aromatic N) is 3. The summed E-state index contributed by atoms with van der Waals surface area (Å²) in [5.74, 6) is -0.246. The highest BCUT2D eigenvalue weighted by atomic mass is 16.1. The summed E-state index contributed by atoms with van der Waals surface area (Å²) in [6, 6.07) is 14.3. The number of hydrogen-bond donors (Lipinski definition) is 2. The Morgan fingerprint density at radius 2 is 1.97 bits per heavy atom. The van der Waals surface area contributed by atoms with Crippen molar-refractivity contribution < 1.29 is 4.79 Å². The van der Waals surface area contributed by atoms with Gasteiger partial charge in [0.05, 0.1) is 12.7 Å². The maximum atomic E-state index is 12.3. The van der Waals surface area contributed by atoms with Crippen LogP contribution in [0.1, 0.15) is 11.1 Å². The van der Waals surface area contributed by atoms with E-state index in [-0.39, 0.29) is 11.5 Å². The molecule has 0 atom stereocenters. The number of amides is 1. The third-order valence-electron chi connectivity index (χ3n) is 4.55. The first-order valence-electron chi connectivity index (χ1n) is 9.36. The highest BCUT2D eigenvalue weighted by molar-refractivity contribution is 6.02. The van der Waals surface area contributed by atoms with E-state index < -0.39 is 0 Å². The Labute approximate surface area is 172 Å². The second kappa shape index (κ2) is 8.83. The summed E-state index contributed by atoms with van der Waals surface area (Å²) < 4.78 is 1.63. The van der Waals surface area contributed by atoms with Crippen LogP contribution in [0.15, 0.2) is 90.4 Å². The van der Waals surface area contributed by atoms with Crippen molar-refractivity contribution in [3.8, 4) is 11.1 Å². The second-order valence-electron chi connectivity index (χ2n) is 6.64. The fraction of sp³-hybridized carbons (Fsp3) is 0.0435. The van der Waals surface area contributed by atoms with Crippen molar-refractivity contribution in [2.45, 2.75) is 6.54 Å². The monoisotopic (exact) mass is 397 g/mol. The molecule has 148 valence electrons. The number of hydrogen-bond acceptors (Lipinski definition) is 4. The van der Waals surface area contributed by atoms with Gasteiger partial charge in [-0.2, -0.15) is 5.10 Å². The predicted molar refractivity (Wildman–Crippen MR) is 116 cm³/mol. The van der Waals surface area contributed by atoms with Crippen LogP contribution in [0.3, 0.4) is 0 Å². The highest BCUT2D eigenvalue weighted by Gasteiger charge is 2.05. The van der Waals surface area contributed by atoms with Crippen LogP contribution >= 0.6 is 0 Å². The molecule has 3 heterocycles. The zero-order chi connectivity index (χ0) is 20.8. The van der Waals surface area contributed by atoms with Crippen LogP contribution in [-0.4, -0.2) is 25.7 Å². The van der Waals surface area contributed by atoms with Crippen LogP contribution in [0.4, 0.5) is 5.69 Å². The fourth-order valence-corrected chi connectivity index (χ4v) is 3.03. The highest BCUT2D eigenvalue weighted by Crippen LogP contribution is 2.22. The van der Waals surface area contributed by atoms with E-state index in [2.05, 4.69) is 20.5 Å². The summed E-state index contributed by atoms with van der Waals surface area (Å²) in [4.78, 5) is 28.3. The molecule has 0 aliphatic heterocycles. The lowest BCUT2D eigenvalue weighted by Gasteiger charge is -2.07. The van der Waals surface area contributed by atoms with Crippen molar-refractivity contribution in [3.05, 3.63) is 107 Å². The molecular formula is C23H19N5O2. The van der Waals surface area contributed by atoms with Gasteiger partial charge >= 0.3 is 0 Å². The molecule has 1 amide bonds. The SMILES string of the molecule is O=C(/C=C/c1cnccc1-c1cn[nH]c1)Nc1ccc(Cn2ccccc2=O)cc1. The molecule has 0 saturated heterocycles. The van der Waals surface area contributed by atoms with E-state index in [1.165, 1.54) is 12.1 Å². The lowest BCUT2D eigenvalue weighted by atomic mass is 10.0. The van der Waals surface area contributed by atoms with Crippen LogP contribution in [0.25, 0.3) is 17.2 Å². The molecular weight excluding hydrogens is 378 g/mol. The number of aromatic nitrogens is 4. The van der Waals surface area contributed by atoms with Crippen LogP contribution < -0.4 is 10.9 Å². The van der Waals surface area contributed by atoms with Gasteiger partial charge in [0.25, 0.3) is 5.56 Å². The number of nitrogens with one attached hydrogen (secondary N) is 2. The first-order chi connectivity index (χ1) is 14.7. The number of H-pyrrole nitrogens is 1. The van der Waals surface area contributed by atoms with Crippen molar-refractivity contribution in [2.75, 3.05) is 5.32 Å². The smallest absolute Gasteiger partial charge is 0.250 e. The Morgan fingerprint density at radius 3 is 2.73 bits per heavy atom. The average Bonchev–Trinajstić information content (AvgIpc) is 3.30. The molecule has 30 heavy (non-hydrogen) atoms. The molecule has 0 radical (unpaired) electrons. The maximum absolute atomic E-state index is 12.3. The lowest BCUT2D eigenvalue weighted by Crippen LogP contribution is -2.18. The van der Waals surface area contributed by atoms with Crippen LogP contribution in [-0.2, 0) is 11.3 Å². The van der Waals surface area contributed by atoms with E-state index >= 15 is 0 Å². The zero-order valence-electron chi connectivity index (χ0n) is 16.0. The molecule has 0 saturated carbocycles. The summed E-state index contributed by atoms with van der Waals surface area (Å²) >= 11 is 0. The average molecular weight is 397 g/mol. The van der Waals surface area contributed by atoms with Crippen molar-refractivity contribution in [3.63, 3.8) is 0 Å². The Morgan fingerprint density at radius 1 is 1.10 bits per heavy atom. The van der Waals surface area contributed by atoms with Crippen molar-refractivity contribution in [2.24, 2.45) is 0 Å². The molecule has 7 heteroatoms. The fourth-order valence-electron chi connectivity index (χ4n) is 3.03. The number of carbonyl (C=O) groups is 1. The Balaban J connectivity index is 1.41. The standard InChI is InChI=1S/C23H19N5O2/c29-22(9-6-18-13-24-11-10-21(18)19-14-25-26-15-19)27-20-7-4-17(5-8-20)16-28-12-2-1-3-23(28)30/h1-15H,16H2,(H,25,26)(H,27,29)/b9-6+. The van der Waals surface area contributed by atoms with Gasteiger partial charge in [0.2, 0.25) is 5.91 Å². The third kappa shape index (κ3) is 4.59. The minimum atomic E-state index is -0.246. The van der Waals surface area contributed by atoms with E-state index in [1.807, 2.05) is 36.4 Å². The molecule has 4 rings (SSSR count). The van der Waals surface area contributed by atoms with Crippen molar-refractivity contribution >= 4 is 17.7 Å². The summed E-state index contributed by atoms with van der Waals surface area (Å²) in [5, 5.41) is 9.58. The van der Waals surface area contributed by atoms with E-state index in [9.17, 15) is 9.59 Å². The first kappa shape index (κ1) is 19.1. The largest absolute Gasteiger partial charge is 0.323 e. The quantitative estimate of drug-likeness (QED) is 0.488. The van der Waals surface area contributed by atoms with Gasteiger partial charge in [-0.3, -0.25) is 19.7 Å². The van der Waals surface area contributed by atoms with Gasteiger partial charge in [0, 0.05) is 53.7 Å². The number of carbonyl (C=O) groups excluding carboxylic acids is 1. The van der Waals surface area contributed by atoms with E-state index in [1.54, 1.807) is 47.7 Å². The predicted octanol–water partition coefficient (Wildman–Crippen LogP) is 3.33. The van der Waals surface area contributed by atoms with Gasteiger partial charge in [-0.15, -0.1) is 0 Å².